The summed E-state index contributed by atoms with van der Waals surface area (Å²) < 4.78 is 5.13. The Morgan fingerprint density at radius 3 is 2.62 bits per heavy atom. The third kappa shape index (κ3) is 5.36. The van der Waals surface area contributed by atoms with Crippen molar-refractivity contribution in [3.8, 4) is 0 Å². The second-order valence-electron chi connectivity index (χ2n) is 6.87. The van der Waals surface area contributed by atoms with Gasteiger partial charge in [0.2, 0.25) is 5.91 Å². The molecule has 1 aromatic carbocycles. The number of benzene rings is 1. The van der Waals surface area contributed by atoms with Gasteiger partial charge in [-0.15, -0.1) is 0 Å². The number of alkyl carbamates (subject to hydrolysis) is 1. The van der Waals surface area contributed by atoms with Crippen molar-refractivity contribution in [2.24, 2.45) is 0 Å². The quantitative estimate of drug-likeness (QED) is 0.870. The number of imide groups is 1. The highest BCUT2D eigenvalue weighted by molar-refractivity contribution is 6.42. The maximum absolute atomic E-state index is 12.4. The Labute approximate surface area is 152 Å². The number of carbonyl (C=O) groups excluding carboxylic acids is 2. The van der Waals surface area contributed by atoms with Gasteiger partial charge in [-0.05, 0) is 57.9 Å². The smallest absolute Gasteiger partial charge is 0.414 e. The molecule has 1 fully saturated rings. The molecule has 7 heteroatoms. The monoisotopic (exact) mass is 372 g/mol. The Bertz CT molecular complexity index is 629. The largest absolute Gasteiger partial charge is 0.444 e. The van der Waals surface area contributed by atoms with Crippen molar-refractivity contribution in [1.82, 2.24) is 10.2 Å². The van der Waals surface area contributed by atoms with Gasteiger partial charge in [0.05, 0.1) is 16.1 Å². The van der Waals surface area contributed by atoms with Crippen molar-refractivity contribution >= 4 is 35.2 Å². The molecule has 1 N–H and O–H groups in total. The van der Waals surface area contributed by atoms with Crippen molar-refractivity contribution in [2.45, 2.75) is 51.8 Å². The number of halogens is 2. The first kappa shape index (κ1) is 19.0. The zero-order valence-corrected chi connectivity index (χ0v) is 15.6. The Hall–Kier alpha value is -1.30. The number of nitrogens with one attached hydrogen (secondary N) is 1. The van der Waals surface area contributed by atoms with Crippen LogP contribution in [-0.4, -0.2) is 35.1 Å². The van der Waals surface area contributed by atoms with Crippen molar-refractivity contribution in [3.05, 3.63) is 33.8 Å². The highest BCUT2D eigenvalue weighted by Gasteiger charge is 2.32. The highest BCUT2D eigenvalue weighted by Crippen LogP contribution is 2.25. The molecule has 2 amide bonds. The number of ether oxygens (including phenoxy) is 1. The molecule has 1 heterocycles. The number of nitrogens with zero attached hydrogens (tertiary/aromatic N) is 1. The van der Waals surface area contributed by atoms with Crippen LogP contribution >= 0.6 is 23.2 Å². The first-order valence-corrected chi connectivity index (χ1v) is 8.63. The van der Waals surface area contributed by atoms with Gasteiger partial charge in [-0.25, -0.2) is 4.79 Å². The van der Waals surface area contributed by atoms with Crippen molar-refractivity contribution < 1.29 is 14.3 Å². The van der Waals surface area contributed by atoms with E-state index in [1.165, 1.54) is 0 Å². The minimum atomic E-state index is -0.714. The summed E-state index contributed by atoms with van der Waals surface area (Å²) in [6.45, 7) is 6.62. The lowest BCUT2D eigenvalue weighted by molar-refractivity contribution is -0.125. The molecule has 1 aromatic rings. The third-order valence-corrected chi connectivity index (χ3v) is 4.40. The standard InChI is InChI=1S/C17H22Cl2N2O3/c1-17(2,3)24-16(23)20-15(22)14-5-4-8-21(14)10-11-6-7-12(18)13(19)9-11/h6-7,9,14H,4-5,8,10H2,1-3H3,(H,20,22,23)/t14-/m0/s1. The van der Waals surface area contributed by atoms with Crippen molar-refractivity contribution in [2.75, 3.05) is 6.54 Å². The van der Waals surface area contributed by atoms with Crippen molar-refractivity contribution in [3.63, 3.8) is 0 Å². The van der Waals surface area contributed by atoms with Gasteiger partial charge in [0.25, 0.3) is 0 Å². The molecule has 1 atom stereocenters. The molecule has 0 aromatic heterocycles. The lowest BCUT2D eigenvalue weighted by Gasteiger charge is -2.24. The topological polar surface area (TPSA) is 58.6 Å². The van der Waals surface area contributed by atoms with Gasteiger partial charge in [-0.2, -0.15) is 0 Å². The predicted octanol–water partition coefficient (Wildman–Crippen LogP) is 4.01. The lowest BCUT2D eigenvalue weighted by atomic mass is 10.1. The molecular weight excluding hydrogens is 351 g/mol. The zero-order chi connectivity index (χ0) is 17.9. The van der Waals surface area contributed by atoms with E-state index in [2.05, 4.69) is 5.32 Å². The fourth-order valence-electron chi connectivity index (χ4n) is 2.67. The molecule has 0 spiro atoms. The number of rotatable bonds is 3. The molecule has 1 saturated heterocycles. The molecule has 0 saturated carbocycles. The number of likely N-dealkylation sites (tertiary alicyclic amines) is 1. The van der Waals surface area contributed by atoms with Gasteiger partial charge >= 0.3 is 6.09 Å². The van der Waals surface area contributed by atoms with Gasteiger partial charge in [-0.1, -0.05) is 29.3 Å². The first-order chi connectivity index (χ1) is 11.2. The van der Waals surface area contributed by atoms with Gasteiger partial charge in [-0.3, -0.25) is 15.0 Å². The molecule has 1 aliphatic heterocycles. The molecule has 0 bridgehead atoms. The molecule has 5 nitrogen and oxygen atoms in total. The number of hydrogen-bond donors (Lipinski definition) is 1. The molecular formula is C17H22Cl2N2O3. The van der Waals surface area contributed by atoms with Gasteiger partial charge in [0, 0.05) is 6.54 Å². The lowest BCUT2D eigenvalue weighted by Crippen LogP contribution is -2.46. The normalized spacial score (nSPS) is 18.5. The maximum atomic E-state index is 12.4. The maximum Gasteiger partial charge on any atom is 0.414 e. The summed E-state index contributed by atoms with van der Waals surface area (Å²) in [5.41, 5.74) is 0.334. The van der Waals surface area contributed by atoms with E-state index in [1.54, 1.807) is 32.9 Å². The van der Waals surface area contributed by atoms with Gasteiger partial charge < -0.3 is 4.74 Å². The molecule has 0 unspecified atom stereocenters. The van der Waals surface area contributed by atoms with Crippen LogP contribution < -0.4 is 5.32 Å². The third-order valence-electron chi connectivity index (χ3n) is 3.66. The van der Waals surface area contributed by atoms with Crippen LogP contribution in [0.4, 0.5) is 4.79 Å². The van der Waals surface area contributed by atoms with Crippen LogP contribution in [0.3, 0.4) is 0 Å². The van der Waals surface area contributed by atoms with E-state index in [0.717, 1.165) is 18.5 Å². The zero-order valence-electron chi connectivity index (χ0n) is 14.1. The number of carbonyl (C=O) groups is 2. The Morgan fingerprint density at radius 1 is 1.29 bits per heavy atom. The summed E-state index contributed by atoms with van der Waals surface area (Å²) in [5.74, 6) is -0.332. The second kappa shape index (κ2) is 7.72. The van der Waals surface area contributed by atoms with Crippen molar-refractivity contribution in [1.29, 1.82) is 0 Å². The van der Waals surface area contributed by atoms with E-state index in [4.69, 9.17) is 27.9 Å². The van der Waals surface area contributed by atoms with E-state index >= 15 is 0 Å². The van der Waals surface area contributed by atoms with Crippen LogP contribution in [0.2, 0.25) is 10.0 Å². The SMILES string of the molecule is CC(C)(C)OC(=O)NC(=O)[C@@H]1CCCN1Cc1ccc(Cl)c(Cl)c1. The highest BCUT2D eigenvalue weighted by atomic mass is 35.5. The molecule has 132 valence electrons. The van der Waals surface area contributed by atoms with Crippen LogP contribution in [0.1, 0.15) is 39.2 Å². The minimum Gasteiger partial charge on any atom is -0.444 e. The summed E-state index contributed by atoms with van der Waals surface area (Å²) in [6, 6.07) is 5.07. The van der Waals surface area contributed by atoms with E-state index in [1.807, 2.05) is 11.0 Å². The Balaban J connectivity index is 1.98. The van der Waals surface area contributed by atoms with E-state index in [0.29, 0.717) is 23.0 Å². The number of hydrogen-bond acceptors (Lipinski definition) is 4. The minimum absolute atomic E-state index is 0.332. The summed E-state index contributed by atoms with van der Waals surface area (Å²) in [7, 11) is 0. The van der Waals surface area contributed by atoms with Crippen LogP contribution in [0.5, 0.6) is 0 Å². The summed E-state index contributed by atoms with van der Waals surface area (Å²) in [6.07, 6.45) is 0.887. The summed E-state index contributed by atoms with van der Waals surface area (Å²) in [4.78, 5) is 26.2. The van der Waals surface area contributed by atoms with Crippen LogP contribution in [0.25, 0.3) is 0 Å². The summed E-state index contributed by atoms with van der Waals surface area (Å²) >= 11 is 12.0. The van der Waals surface area contributed by atoms with Crippen LogP contribution in [0, 0.1) is 0 Å². The fraction of sp³-hybridized carbons (Fsp3) is 0.529. The summed E-state index contributed by atoms with van der Waals surface area (Å²) in [5, 5.41) is 3.32. The number of amides is 2. The van der Waals surface area contributed by atoms with E-state index < -0.39 is 11.7 Å². The van der Waals surface area contributed by atoms with E-state index in [-0.39, 0.29) is 11.9 Å². The molecule has 0 radical (unpaired) electrons. The van der Waals surface area contributed by atoms with Crippen LogP contribution in [-0.2, 0) is 16.1 Å². The van der Waals surface area contributed by atoms with Crippen LogP contribution in [0.15, 0.2) is 18.2 Å². The fourth-order valence-corrected chi connectivity index (χ4v) is 2.99. The predicted molar refractivity (Wildman–Crippen MR) is 94.3 cm³/mol. The Morgan fingerprint density at radius 2 is 2.00 bits per heavy atom. The average Bonchev–Trinajstić information content (AvgIpc) is 2.89. The molecule has 24 heavy (non-hydrogen) atoms. The Kier molecular flexibility index (Phi) is 6.12. The molecule has 2 rings (SSSR count). The second-order valence-corrected chi connectivity index (χ2v) is 7.68. The molecule has 1 aliphatic rings. The molecule has 0 aliphatic carbocycles. The van der Waals surface area contributed by atoms with Gasteiger partial charge in [0.1, 0.15) is 5.60 Å². The van der Waals surface area contributed by atoms with Gasteiger partial charge in [0.15, 0.2) is 0 Å². The van der Waals surface area contributed by atoms with E-state index in [9.17, 15) is 9.59 Å². The average molecular weight is 373 g/mol. The first-order valence-electron chi connectivity index (χ1n) is 7.87.